The molecule has 2 aromatic carbocycles. The van der Waals surface area contributed by atoms with Gasteiger partial charge in [-0.1, -0.05) is 54.1 Å². The third-order valence-electron chi connectivity index (χ3n) is 5.26. The molecule has 0 saturated carbocycles. The van der Waals surface area contributed by atoms with Gasteiger partial charge in [-0.25, -0.2) is 4.52 Å². The van der Waals surface area contributed by atoms with Crippen molar-refractivity contribution >= 4 is 45.7 Å². The van der Waals surface area contributed by atoms with Crippen LogP contribution in [0.5, 0.6) is 0 Å². The Morgan fingerprint density at radius 3 is 2.71 bits per heavy atom. The molecule has 3 heterocycles. The summed E-state index contributed by atoms with van der Waals surface area (Å²) in [5.41, 5.74) is 2.87. The minimum atomic E-state index is -0.423. The number of halogens is 1. The number of nitrogens with one attached hydrogen (secondary N) is 1. The minimum Gasteiger partial charge on any atom is -0.338 e. The van der Waals surface area contributed by atoms with E-state index in [2.05, 4.69) is 15.4 Å². The summed E-state index contributed by atoms with van der Waals surface area (Å²) in [6.45, 7) is 0.893. The van der Waals surface area contributed by atoms with Gasteiger partial charge in [-0.3, -0.25) is 14.9 Å². The zero-order valence-corrected chi connectivity index (χ0v) is 17.9. The van der Waals surface area contributed by atoms with Crippen LogP contribution in [0.4, 0.5) is 5.95 Å². The van der Waals surface area contributed by atoms with Crippen LogP contribution >= 0.6 is 22.9 Å². The number of hydrogen-bond acceptors (Lipinski definition) is 5. The molecule has 1 N–H and O–H groups in total. The molecule has 1 saturated heterocycles. The Labute approximate surface area is 187 Å². The number of carbonyl (C=O) groups is 2. The molecule has 0 bridgehead atoms. The van der Waals surface area contributed by atoms with E-state index in [1.807, 2.05) is 60.0 Å². The molecule has 156 valence electrons. The molecule has 1 aliphatic heterocycles. The quantitative estimate of drug-likeness (QED) is 0.495. The van der Waals surface area contributed by atoms with Crippen LogP contribution in [-0.2, 0) is 16.1 Å². The third kappa shape index (κ3) is 4.04. The van der Waals surface area contributed by atoms with Gasteiger partial charge in [0.2, 0.25) is 22.7 Å². The molecule has 31 heavy (non-hydrogen) atoms. The fraction of sp³-hybridized carbons (Fsp3) is 0.182. The van der Waals surface area contributed by atoms with Gasteiger partial charge in [0.1, 0.15) is 0 Å². The SMILES string of the molecule is O=C(Nc1nc2scc(-c3ccc(Cl)cc3)n2n1)C1CC(=O)N(Cc2ccccc2)C1. The molecular weight excluding hydrogens is 434 g/mol. The molecular formula is C22H18ClN5O2S. The lowest BCUT2D eigenvalue weighted by atomic mass is 10.1. The van der Waals surface area contributed by atoms with Gasteiger partial charge in [0.05, 0.1) is 11.6 Å². The van der Waals surface area contributed by atoms with E-state index < -0.39 is 5.92 Å². The molecule has 1 atom stereocenters. The molecule has 1 aliphatic rings. The summed E-state index contributed by atoms with van der Waals surface area (Å²) in [7, 11) is 0. The van der Waals surface area contributed by atoms with Gasteiger partial charge < -0.3 is 4.90 Å². The van der Waals surface area contributed by atoms with E-state index in [1.54, 1.807) is 9.42 Å². The summed E-state index contributed by atoms with van der Waals surface area (Å²) in [5.74, 6) is -0.447. The number of benzene rings is 2. The van der Waals surface area contributed by atoms with Crippen LogP contribution < -0.4 is 5.32 Å². The van der Waals surface area contributed by atoms with Crippen molar-refractivity contribution in [3.63, 3.8) is 0 Å². The molecule has 4 aromatic rings. The summed E-state index contributed by atoms with van der Waals surface area (Å²) in [4.78, 5) is 31.9. The fourth-order valence-electron chi connectivity index (χ4n) is 3.67. The predicted octanol–water partition coefficient (Wildman–Crippen LogP) is 4.10. The van der Waals surface area contributed by atoms with Crippen molar-refractivity contribution in [2.45, 2.75) is 13.0 Å². The van der Waals surface area contributed by atoms with Gasteiger partial charge >= 0.3 is 0 Å². The number of fused-ring (bicyclic) bond motifs is 1. The van der Waals surface area contributed by atoms with Gasteiger partial charge in [0, 0.05) is 35.5 Å². The molecule has 0 aliphatic carbocycles. The molecule has 7 nitrogen and oxygen atoms in total. The number of carbonyl (C=O) groups excluding carboxylic acids is 2. The second kappa shape index (κ2) is 8.13. The second-order valence-electron chi connectivity index (χ2n) is 7.41. The third-order valence-corrected chi connectivity index (χ3v) is 6.33. The van der Waals surface area contributed by atoms with Crippen molar-refractivity contribution in [3.8, 4) is 11.3 Å². The molecule has 9 heteroatoms. The number of hydrogen-bond donors (Lipinski definition) is 1. The summed E-state index contributed by atoms with van der Waals surface area (Å²) in [5, 5.41) is 9.84. The van der Waals surface area contributed by atoms with Gasteiger partial charge in [0.25, 0.3) is 0 Å². The Balaban J connectivity index is 1.28. The van der Waals surface area contributed by atoms with Crippen LogP contribution in [-0.4, -0.2) is 37.9 Å². The molecule has 0 spiro atoms. The smallest absolute Gasteiger partial charge is 0.250 e. The summed E-state index contributed by atoms with van der Waals surface area (Å²) >= 11 is 7.41. The summed E-state index contributed by atoms with van der Waals surface area (Å²) in [6.07, 6.45) is 0.191. The lowest BCUT2D eigenvalue weighted by Crippen LogP contribution is -2.28. The van der Waals surface area contributed by atoms with Crippen LogP contribution in [0.15, 0.2) is 60.0 Å². The van der Waals surface area contributed by atoms with Crippen LogP contribution in [0.25, 0.3) is 16.2 Å². The van der Waals surface area contributed by atoms with E-state index in [0.717, 1.165) is 16.8 Å². The maximum absolute atomic E-state index is 12.8. The zero-order valence-electron chi connectivity index (χ0n) is 16.4. The number of rotatable bonds is 5. The monoisotopic (exact) mass is 451 g/mol. The maximum atomic E-state index is 12.8. The zero-order chi connectivity index (χ0) is 21.4. The van der Waals surface area contributed by atoms with Gasteiger partial charge in [0.15, 0.2) is 0 Å². The van der Waals surface area contributed by atoms with E-state index in [-0.39, 0.29) is 24.2 Å². The van der Waals surface area contributed by atoms with Crippen molar-refractivity contribution in [1.82, 2.24) is 19.5 Å². The second-order valence-corrected chi connectivity index (χ2v) is 8.68. The van der Waals surface area contributed by atoms with Crippen LogP contribution in [0.3, 0.4) is 0 Å². The van der Waals surface area contributed by atoms with Gasteiger partial charge in [-0.15, -0.1) is 16.4 Å². The van der Waals surface area contributed by atoms with Crippen LogP contribution in [0, 0.1) is 5.92 Å². The van der Waals surface area contributed by atoms with Crippen LogP contribution in [0.1, 0.15) is 12.0 Å². The topological polar surface area (TPSA) is 79.6 Å². The summed E-state index contributed by atoms with van der Waals surface area (Å²) in [6, 6.07) is 17.2. The van der Waals surface area contributed by atoms with Crippen molar-refractivity contribution in [3.05, 3.63) is 70.6 Å². The van der Waals surface area contributed by atoms with Crippen molar-refractivity contribution < 1.29 is 9.59 Å². The highest BCUT2D eigenvalue weighted by Crippen LogP contribution is 2.27. The Kier molecular flexibility index (Phi) is 5.17. The molecule has 0 radical (unpaired) electrons. The first-order chi connectivity index (χ1) is 15.1. The Hall–Kier alpha value is -3.23. The molecule has 5 rings (SSSR count). The standard InChI is InChI=1S/C22H18ClN5O2S/c23-17-8-6-15(7-9-17)18-13-31-22-25-21(26-28(18)22)24-20(30)16-10-19(29)27(12-16)11-14-4-2-1-3-5-14/h1-9,13,16H,10-12H2,(H,24,26,30). The van der Waals surface area contributed by atoms with E-state index in [9.17, 15) is 9.59 Å². The highest BCUT2D eigenvalue weighted by Gasteiger charge is 2.34. The van der Waals surface area contributed by atoms with Gasteiger partial charge in [-0.05, 0) is 17.7 Å². The first-order valence-corrected chi connectivity index (χ1v) is 11.1. The predicted molar refractivity (Wildman–Crippen MR) is 120 cm³/mol. The molecule has 2 amide bonds. The molecule has 1 fully saturated rings. The lowest BCUT2D eigenvalue weighted by molar-refractivity contribution is -0.128. The number of thiazole rings is 1. The maximum Gasteiger partial charge on any atom is 0.250 e. The molecule has 2 aromatic heterocycles. The number of anilines is 1. The molecule has 1 unspecified atom stereocenters. The number of aromatic nitrogens is 3. The Morgan fingerprint density at radius 2 is 1.94 bits per heavy atom. The van der Waals surface area contributed by atoms with Crippen molar-refractivity contribution in [1.29, 1.82) is 0 Å². The summed E-state index contributed by atoms with van der Waals surface area (Å²) < 4.78 is 1.70. The Bertz CT molecular complexity index is 1250. The van der Waals surface area contributed by atoms with Crippen molar-refractivity contribution in [2.24, 2.45) is 5.92 Å². The van der Waals surface area contributed by atoms with E-state index in [0.29, 0.717) is 23.1 Å². The highest BCUT2D eigenvalue weighted by atomic mass is 35.5. The minimum absolute atomic E-state index is 0.0205. The van der Waals surface area contributed by atoms with E-state index >= 15 is 0 Å². The highest BCUT2D eigenvalue weighted by molar-refractivity contribution is 7.15. The van der Waals surface area contributed by atoms with Gasteiger partial charge in [-0.2, -0.15) is 4.98 Å². The average molecular weight is 452 g/mol. The number of likely N-dealkylation sites (tertiary alicyclic amines) is 1. The largest absolute Gasteiger partial charge is 0.338 e. The van der Waals surface area contributed by atoms with Crippen LogP contribution in [0.2, 0.25) is 5.02 Å². The Morgan fingerprint density at radius 1 is 1.16 bits per heavy atom. The van der Waals surface area contributed by atoms with Crippen molar-refractivity contribution in [2.75, 3.05) is 11.9 Å². The number of nitrogens with zero attached hydrogens (tertiary/aromatic N) is 4. The normalized spacial score (nSPS) is 16.2. The fourth-order valence-corrected chi connectivity index (χ4v) is 4.63. The first-order valence-electron chi connectivity index (χ1n) is 9.79. The van der Waals surface area contributed by atoms with E-state index in [1.165, 1.54) is 11.3 Å². The average Bonchev–Trinajstić information content (AvgIpc) is 3.44. The lowest BCUT2D eigenvalue weighted by Gasteiger charge is -2.16. The number of amides is 2. The van der Waals surface area contributed by atoms with E-state index in [4.69, 9.17) is 11.6 Å². The first kappa shape index (κ1) is 19.7.